The van der Waals surface area contributed by atoms with E-state index in [9.17, 15) is 28.8 Å². The number of carbonyl (C=O) groups excluding carboxylic acids is 6. The van der Waals surface area contributed by atoms with E-state index < -0.39 is 67.2 Å². The molecule has 1 fully saturated rings. The number of hydrogen-bond donors (Lipinski definition) is 0. The molecule has 5 atom stereocenters. The molecule has 15 heteroatoms. The van der Waals surface area contributed by atoms with Crippen LogP contribution in [0.15, 0.2) is 11.6 Å². The maximum absolute atomic E-state index is 13.1. The lowest BCUT2D eigenvalue weighted by atomic mass is 9.94. The molecular weight excluding hydrogens is 624 g/mol. The van der Waals surface area contributed by atoms with E-state index in [0.717, 1.165) is 33.3 Å². The average Bonchev–Trinajstić information content (AvgIpc) is 3.38. The molecule has 0 saturated carbocycles. The molecule has 0 aromatic heterocycles. The van der Waals surface area contributed by atoms with Crippen molar-refractivity contribution in [3.63, 3.8) is 0 Å². The molecule has 0 unspecified atom stereocenters. The molecule has 2 heterocycles. The van der Waals surface area contributed by atoms with Crippen LogP contribution in [0.5, 0.6) is 11.5 Å². The molecule has 0 aliphatic carbocycles. The van der Waals surface area contributed by atoms with Gasteiger partial charge in [0.2, 0.25) is 12.4 Å². The Morgan fingerprint density at radius 1 is 0.830 bits per heavy atom. The van der Waals surface area contributed by atoms with Gasteiger partial charge in [0.1, 0.15) is 36.4 Å². The van der Waals surface area contributed by atoms with Gasteiger partial charge < -0.3 is 42.6 Å². The lowest BCUT2D eigenvalue weighted by molar-refractivity contribution is -0.288. The number of carbonyl (C=O) groups is 6. The van der Waals surface area contributed by atoms with E-state index in [-0.39, 0.29) is 36.7 Å². The van der Waals surface area contributed by atoms with Crippen molar-refractivity contribution in [2.45, 2.75) is 98.1 Å². The van der Waals surface area contributed by atoms with Crippen LogP contribution >= 0.6 is 0 Å². The Morgan fingerprint density at radius 2 is 1.45 bits per heavy atom. The van der Waals surface area contributed by atoms with Crippen molar-refractivity contribution in [1.29, 1.82) is 0 Å². The normalized spacial score (nSPS) is 21.9. The Morgan fingerprint density at radius 3 is 2.02 bits per heavy atom. The first kappa shape index (κ1) is 36.8. The van der Waals surface area contributed by atoms with Gasteiger partial charge in [-0.05, 0) is 32.3 Å². The largest absolute Gasteiger partial charge is 0.496 e. The third-order valence-corrected chi connectivity index (χ3v) is 7.41. The highest BCUT2D eigenvalue weighted by Crippen LogP contribution is 2.44. The van der Waals surface area contributed by atoms with Crippen LogP contribution in [0, 0.1) is 6.92 Å². The van der Waals surface area contributed by atoms with Gasteiger partial charge in [0.15, 0.2) is 12.2 Å². The second-order valence-electron chi connectivity index (χ2n) is 10.9. The molecule has 2 aliphatic heterocycles. The Kier molecular flexibility index (Phi) is 12.7. The van der Waals surface area contributed by atoms with Gasteiger partial charge in [0.25, 0.3) is 0 Å². The van der Waals surface area contributed by atoms with Crippen molar-refractivity contribution >= 4 is 35.8 Å². The highest BCUT2D eigenvalue weighted by molar-refractivity contribution is 5.98. The number of hydrogen-bond acceptors (Lipinski definition) is 15. The number of ether oxygens (including phenoxy) is 9. The number of rotatable bonds is 13. The summed E-state index contributed by atoms with van der Waals surface area (Å²) in [5, 5.41) is 0. The minimum absolute atomic E-state index is 0.0251. The van der Waals surface area contributed by atoms with Crippen molar-refractivity contribution in [2.24, 2.45) is 0 Å². The molecule has 1 saturated heterocycles. The SMILES string of the molecule is COC(=O)CC/C(C)=C/Cc1c(OC)c(C)c2c(c1O[C@@H]1O[C@H](COC(C)=O)[C@@H](OC(C)=O)[C@H](OC(C)=O)[C@H]1OC(C)=O)C(=O)OC2. The zero-order valence-electron chi connectivity index (χ0n) is 27.6. The number of methoxy groups -OCH3 is 2. The third-order valence-electron chi connectivity index (χ3n) is 7.41. The number of benzene rings is 1. The van der Waals surface area contributed by atoms with E-state index in [2.05, 4.69) is 0 Å². The third kappa shape index (κ3) is 9.21. The smallest absolute Gasteiger partial charge is 0.342 e. The second kappa shape index (κ2) is 16.3. The number of esters is 6. The Hall–Kier alpha value is -4.66. The predicted octanol–water partition coefficient (Wildman–Crippen LogP) is 2.58. The highest BCUT2D eigenvalue weighted by atomic mass is 16.7. The number of cyclic esters (lactones) is 1. The topological polar surface area (TPSA) is 185 Å². The molecule has 1 aromatic rings. The zero-order chi connectivity index (χ0) is 35.0. The van der Waals surface area contributed by atoms with Crippen molar-refractivity contribution in [3.05, 3.63) is 33.9 Å². The van der Waals surface area contributed by atoms with Crippen molar-refractivity contribution in [3.8, 4) is 11.5 Å². The van der Waals surface area contributed by atoms with Gasteiger partial charge in [0, 0.05) is 45.2 Å². The summed E-state index contributed by atoms with van der Waals surface area (Å²) in [5.41, 5.74) is 2.41. The van der Waals surface area contributed by atoms with Gasteiger partial charge in [-0.3, -0.25) is 24.0 Å². The zero-order valence-corrected chi connectivity index (χ0v) is 27.6. The first-order valence-electron chi connectivity index (χ1n) is 14.8. The summed E-state index contributed by atoms with van der Waals surface area (Å²) in [5.74, 6) is -3.82. The summed E-state index contributed by atoms with van der Waals surface area (Å²) in [6.07, 6.45) is -4.79. The Bertz CT molecular complexity index is 1430. The Balaban J connectivity index is 2.20. The minimum Gasteiger partial charge on any atom is -0.496 e. The molecule has 3 rings (SSSR count). The van der Waals surface area contributed by atoms with E-state index in [1.807, 2.05) is 13.0 Å². The molecule has 47 heavy (non-hydrogen) atoms. The molecule has 0 spiro atoms. The van der Waals surface area contributed by atoms with Gasteiger partial charge in [-0.1, -0.05) is 11.6 Å². The summed E-state index contributed by atoms with van der Waals surface area (Å²) < 4.78 is 50.0. The van der Waals surface area contributed by atoms with Gasteiger partial charge >= 0.3 is 35.8 Å². The van der Waals surface area contributed by atoms with Gasteiger partial charge in [-0.15, -0.1) is 0 Å². The van der Waals surface area contributed by atoms with Crippen molar-refractivity contribution in [2.75, 3.05) is 20.8 Å². The van der Waals surface area contributed by atoms with Crippen LogP contribution in [0.1, 0.15) is 74.5 Å². The molecular formula is C32H40O15. The van der Waals surface area contributed by atoms with E-state index in [1.54, 1.807) is 6.92 Å². The standard InChI is InChI=1S/C32H40O15/c1-15(10-12-24(37)39-7)9-11-21-26(40-8)16(2)22-13-42-31(38)25(22)27(21)47-32-30(45-20(6)36)29(44-19(5)35)28(43-18(4)34)23(46-32)14-41-17(3)33/h9,23,28-30,32H,10-14H2,1-8H3/b15-9+/t23-,28-,29+,30-,32+/m1/s1. The van der Waals surface area contributed by atoms with Crippen molar-refractivity contribution in [1.82, 2.24) is 0 Å². The van der Waals surface area contributed by atoms with Gasteiger partial charge in [-0.2, -0.15) is 0 Å². The first-order chi connectivity index (χ1) is 22.2. The van der Waals surface area contributed by atoms with Crippen LogP contribution in [0.3, 0.4) is 0 Å². The van der Waals surface area contributed by atoms with Gasteiger partial charge in [-0.25, -0.2) is 4.79 Å². The van der Waals surface area contributed by atoms with Crippen LogP contribution in [0.4, 0.5) is 0 Å². The fourth-order valence-corrected chi connectivity index (χ4v) is 5.32. The Labute approximate surface area is 271 Å². The minimum atomic E-state index is -1.61. The van der Waals surface area contributed by atoms with E-state index in [0.29, 0.717) is 28.9 Å². The highest BCUT2D eigenvalue weighted by Gasteiger charge is 2.54. The van der Waals surface area contributed by atoms with Crippen LogP contribution < -0.4 is 9.47 Å². The monoisotopic (exact) mass is 664 g/mol. The summed E-state index contributed by atoms with van der Waals surface area (Å²) in [4.78, 5) is 73.3. The average molecular weight is 665 g/mol. The fraction of sp³-hybridized carbons (Fsp3) is 0.562. The van der Waals surface area contributed by atoms with Gasteiger partial charge in [0.05, 0.1) is 14.2 Å². The molecule has 258 valence electrons. The molecule has 0 bridgehead atoms. The predicted molar refractivity (Wildman–Crippen MR) is 158 cm³/mol. The van der Waals surface area contributed by atoms with E-state index in [1.165, 1.54) is 14.2 Å². The molecule has 0 N–H and O–H groups in total. The lowest BCUT2D eigenvalue weighted by Crippen LogP contribution is -2.63. The van der Waals surface area contributed by atoms with Crippen molar-refractivity contribution < 1.29 is 71.4 Å². The fourth-order valence-electron chi connectivity index (χ4n) is 5.32. The second-order valence-corrected chi connectivity index (χ2v) is 10.9. The molecule has 1 aromatic carbocycles. The van der Waals surface area contributed by atoms with E-state index in [4.69, 9.17) is 42.6 Å². The number of allylic oxidation sites excluding steroid dienone is 2. The van der Waals surface area contributed by atoms with Crippen LogP contribution in [-0.2, 0) is 70.2 Å². The van der Waals surface area contributed by atoms with Crippen LogP contribution in [0.2, 0.25) is 0 Å². The number of fused-ring (bicyclic) bond motifs is 1. The lowest BCUT2D eigenvalue weighted by Gasteiger charge is -2.44. The van der Waals surface area contributed by atoms with Crippen LogP contribution in [-0.4, -0.2) is 87.3 Å². The maximum atomic E-state index is 13.1. The molecule has 0 radical (unpaired) electrons. The quantitative estimate of drug-likeness (QED) is 0.170. The first-order valence-corrected chi connectivity index (χ1v) is 14.8. The molecule has 2 aliphatic rings. The summed E-state index contributed by atoms with van der Waals surface area (Å²) in [6.45, 7) is 7.51. The molecule has 0 amide bonds. The summed E-state index contributed by atoms with van der Waals surface area (Å²) in [6, 6.07) is 0. The summed E-state index contributed by atoms with van der Waals surface area (Å²) in [7, 11) is 2.75. The van der Waals surface area contributed by atoms with Crippen LogP contribution in [0.25, 0.3) is 0 Å². The van der Waals surface area contributed by atoms with E-state index >= 15 is 0 Å². The molecule has 15 nitrogen and oxygen atoms in total. The maximum Gasteiger partial charge on any atom is 0.342 e. The summed E-state index contributed by atoms with van der Waals surface area (Å²) >= 11 is 0.